The number of halogens is 1. The molecule has 0 atom stereocenters. The minimum absolute atomic E-state index is 0.0614. The van der Waals surface area contributed by atoms with E-state index >= 15 is 0 Å². The Hall–Kier alpha value is -0.740. The maximum Gasteiger partial charge on any atom is 0.147 e. The third kappa shape index (κ3) is 2.50. The Balaban J connectivity index is 1.78. The predicted molar refractivity (Wildman–Crippen MR) is 74.9 cm³/mol. The first-order valence-corrected chi connectivity index (χ1v) is 7.70. The average Bonchev–Trinajstić information content (AvgIpc) is 2.40. The molecule has 1 N–H and O–H groups in total. The molecule has 0 aromatic heterocycles. The molecule has 0 spiro atoms. The molecular formula is C14H19FN2S. The van der Waals surface area contributed by atoms with E-state index in [-0.39, 0.29) is 5.82 Å². The summed E-state index contributed by atoms with van der Waals surface area (Å²) in [5.41, 5.74) is 0.840. The second kappa shape index (κ2) is 5.49. The molecule has 2 aliphatic heterocycles. The molecule has 3 rings (SSSR count). The zero-order valence-electron chi connectivity index (χ0n) is 10.5. The van der Waals surface area contributed by atoms with E-state index in [0.29, 0.717) is 5.92 Å². The molecule has 2 nitrogen and oxygen atoms in total. The summed E-state index contributed by atoms with van der Waals surface area (Å²) < 4.78 is 14.0. The lowest BCUT2D eigenvalue weighted by Gasteiger charge is -2.35. The van der Waals surface area contributed by atoms with Crippen molar-refractivity contribution in [3.8, 4) is 0 Å². The summed E-state index contributed by atoms with van der Waals surface area (Å²) in [5.74, 6) is 1.72. The van der Waals surface area contributed by atoms with Gasteiger partial charge in [0, 0.05) is 23.7 Å². The molecule has 0 bridgehead atoms. The monoisotopic (exact) mass is 266 g/mol. The highest BCUT2D eigenvalue weighted by molar-refractivity contribution is 7.99. The molecule has 0 saturated carbocycles. The average molecular weight is 266 g/mol. The molecule has 0 radical (unpaired) electrons. The van der Waals surface area contributed by atoms with Gasteiger partial charge in [-0.3, -0.25) is 0 Å². The smallest absolute Gasteiger partial charge is 0.147 e. The highest BCUT2D eigenvalue weighted by Gasteiger charge is 2.24. The van der Waals surface area contributed by atoms with Gasteiger partial charge in [0.1, 0.15) is 5.82 Å². The number of piperidine rings is 1. The maximum absolute atomic E-state index is 14.0. The largest absolute Gasteiger partial charge is 0.367 e. The van der Waals surface area contributed by atoms with Crippen LogP contribution in [0.3, 0.4) is 0 Å². The van der Waals surface area contributed by atoms with Crippen molar-refractivity contribution >= 4 is 17.4 Å². The predicted octanol–water partition coefficient (Wildman–Crippen LogP) is 2.74. The van der Waals surface area contributed by atoms with Crippen LogP contribution in [0.1, 0.15) is 12.8 Å². The molecule has 2 aliphatic rings. The summed E-state index contributed by atoms with van der Waals surface area (Å²) >= 11 is 1.77. The molecule has 4 heteroatoms. The Morgan fingerprint density at radius 3 is 3.00 bits per heavy atom. The van der Waals surface area contributed by atoms with E-state index in [4.69, 9.17) is 0 Å². The van der Waals surface area contributed by atoms with Gasteiger partial charge in [0.05, 0.1) is 5.69 Å². The van der Waals surface area contributed by atoms with Crippen molar-refractivity contribution in [3.05, 3.63) is 24.0 Å². The van der Waals surface area contributed by atoms with E-state index in [9.17, 15) is 4.39 Å². The van der Waals surface area contributed by atoms with Crippen molar-refractivity contribution < 1.29 is 4.39 Å². The maximum atomic E-state index is 14.0. The van der Waals surface area contributed by atoms with E-state index in [1.54, 1.807) is 17.8 Å². The van der Waals surface area contributed by atoms with Crippen molar-refractivity contribution in [1.82, 2.24) is 5.32 Å². The molecule has 1 fully saturated rings. The summed E-state index contributed by atoms with van der Waals surface area (Å²) in [6.45, 7) is 4.20. The van der Waals surface area contributed by atoms with Gasteiger partial charge in [0.15, 0.2) is 0 Å². The number of benzene rings is 1. The highest BCUT2D eigenvalue weighted by atomic mass is 32.2. The molecule has 18 heavy (non-hydrogen) atoms. The number of fused-ring (bicyclic) bond motifs is 1. The van der Waals surface area contributed by atoms with Gasteiger partial charge in [-0.25, -0.2) is 4.39 Å². The standard InChI is InChI=1S/C14H19FN2S/c15-12-2-1-3-13-14(12)17(8-9-18-13)10-11-4-6-16-7-5-11/h1-3,11,16H,4-10H2. The van der Waals surface area contributed by atoms with Crippen LogP contribution < -0.4 is 10.2 Å². The first-order chi connectivity index (χ1) is 8.84. The van der Waals surface area contributed by atoms with Gasteiger partial charge in [0.25, 0.3) is 0 Å². The summed E-state index contributed by atoms with van der Waals surface area (Å²) in [6.07, 6.45) is 2.43. The Labute approximate surface area is 112 Å². The minimum Gasteiger partial charge on any atom is -0.367 e. The van der Waals surface area contributed by atoms with E-state index in [0.717, 1.165) is 42.5 Å². The van der Waals surface area contributed by atoms with E-state index < -0.39 is 0 Å². The first-order valence-electron chi connectivity index (χ1n) is 6.71. The lowest BCUT2D eigenvalue weighted by molar-refractivity contribution is 0.373. The summed E-state index contributed by atoms with van der Waals surface area (Å²) in [7, 11) is 0. The second-order valence-electron chi connectivity index (χ2n) is 5.07. The van der Waals surface area contributed by atoms with Crippen molar-refractivity contribution in [2.45, 2.75) is 17.7 Å². The topological polar surface area (TPSA) is 15.3 Å². The zero-order chi connectivity index (χ0) is 12.4. The number of anilines is 1. The van der Waals surface area contributed by atoms with Crippen LogP contribution >= 0.6 is 11.8 Å². The summed E-state index contributed by atoms with van der Waals surface area (Å²) in [4.78, 5) is 3.37. The van der Waals surface area contributed by atoms with Crippen molar-refractivity contribution in [3.63, 3.8) is 0 Å². The van der Waals surface area contributed by atoms with Crippen LogP contribution in [0.4, 0.5) is 10.1 Å². The van der Waals surface area contributed by atoms with Crippen LogP contribution in [-0.2, 0) is 0 Å². The lowest BCUT2D eigenvalue weighted by atomic mass is 9.97. The van der Waals surface area contributed by atoms with Gasteiger partial charge in [-0.05, 0) is 44.0 Å². The number of nitrogens with zero attached hydrogens (tertiary/aromatic N) is 1. The summed E-state index contributed by atoms with van der Waals surface area (Å²) in [5, 5.41) is 3.39. The van der Waals surface area contributed by atoms with E-state index in [1.165, 1.54) is 12.8 Å². The minimum atomic E-state index is -0.0614. The highest BCUT2D eigenvalue weighted by Crippen LogP contribution is 2.37. The van der Waals surface area contributed by atoms with Gasteiger partial charge >= 0.3 is 0 Å². The van der Waals surface area contributed by atoms with Crippen LogP contribution in [-0.4, -0.2) is 31.9 Å². The number of para-hydroxylation sites is 1. The number of thioether (sulfide) groups is 1. The van der Waals surface area contributed by atoms with Crippen LogP contribution in [0.2, 0.25) is 0 Å². The van der Waals surface area contributed by atoms with Gasteiger partial charge in [-0.2, -0.15) is 0 Å². The Kier molecular flexibility index (Phi) is 3.75. The zero-order valence-corrected chi connectivity index (χ0v) is 11.3. The first kappa shape index (κ1) is 12.3. The van der Waals surface area contributed by atoms with E-state index in [2.05, 4.69) is 10.2 Å². The van der Waals surface area contributed by atoms with Gasteiger partial charge in [-0.15, -0.1) is 11.8 Å². The number of nitrogens with one attached hydrogen (secondary N) is 1. The quantitative estimate of drug-likeness (QED) is 0.886. The Bertz CT molecular complexity index is 418. The molecule has 98 valence electrons. The van der Waals surface area contributed by atoms with Gasteiger partial charge in [-0.1, -0.05) is 6.07 Å². The Morgan fingerprint density at radius 2 is 2.17 bits per heavy atom. The second-order valence-corrected chi connectivity index (χ2v) is 6.21. The van der Waals surface area contributed by atoms with Crippen LogP contribution in [0.25, 0.3) is 0 Å². The normalized spacial score (nSPS) is 20.8. The third-order valence-electron chi connectivity index (χ3n) is 3.82. The third-order valence-corrected chi connectivity index (χ3v) is 4.85. The van der Waals surface area contributed by atoms with Gasteiger partial charge < -0.3 is 10.2 Å². The molecule has 2 heterocycles. The van der Waals surface area contributed by atoms with Crippen molar-refractivity contribution in [2.75, 3.05) is 36.8 Å². The van der Waals surface area contributed by atoms with E-state index in [1.807, 2.05) is 12.1 Å². The molecule has 0 aliphatic carbocycles. The fourth-order valence-electron chi connectivity index (χ4n) is 2.86. The van der Waals surface area contributed by atoms with Gasteiger partial charge in [0.2, 0.25) is 0 Å². The molecule has 1 saturated heterocycles. The fourth-order valence-corrected chi connectivity index (χ4v) is 3.92. The number of hydrogen-bond donors (Lipinski definition) is 1. The SMILES string of the molecule is Fc1cccc2c1N(CC1CCNCC1)CCS2. The van der Waals surface area contributed by atoms with Crippen LogP contribution in [0, 0.1) is 11.7 Å². The Morgan fingerprint density at radius 1 is 1.33 bits per heavy atom. The lowest BCUT2D eigenvalue weighted by Crippen LogP contribution is -2.39. The van der Waals surface area contributed by atoms with Crippen molar-refractivity contribution in [1.29, 1.82) is 0 Å². The fraction of sp³-hybridized carbons (Fsp3) is 0.571. The molecule has 0 amide bonds. The van der Waals surface area contributed by atoms with Crippen LogP contribution in [0.5, 0.6) is 0 Å². The summed E-state index contributed by atoms with van der Waals surface area (Å²) in [6, 6.07) is 5.44. The molecule has 1 aromatic carbocycles. The molecule has 1 aromatic rings. The van der Waals surface area contributed by atoms with Crippen molar-refractivity contribution in [2.24, 2.45) is 5.92 Å². The molecule has 0 unspecified atom stereocenters. The number of hydrogen-bond acceptors (Lipinski definition) is 3. The number of rotatable bonds is 2. The molecular weight excluding hydrogens is 247 g/mol. The van der Waals surface area contributed by atoms with Crippen LogP contribution in [0.15, 0.2) is 23.1 Å².